The maximum absolute atomic E-state index is 12.8. The molecule has 7 heteroatoms. The van der Waals surface area contributed by atoms with Crippen molar-refractivity contribution in [2.45, 2.75) is 25.1 Å². The van der Waals surface area contributed by atoms with Crippen LogP contribution in [0.15, 0.2) is 48.5 Å². The maximum atomic E-state index is 12.8. The smallest absolute Gasteiger partial charge is 0.340 e. The number of amides is 2. The first-order valence-electron chi connectivity index (χ1n) is 8.64. The lowest BCUT2D eigenvalue weighted by Crippen LogP contribution is -2.43. The van der Waals surface area contributed by atoms with Crippen LogP contribution in [0.25, 0.3) is 0 Å². The predicted molar refractivity (Wildman–Crippen MR) is 96.1 cm³/mol. The molecule has 2 aliphatic rings. The number of hydrogen-bond acceptors (Lipinski definition) is 5. The molecule has 0 spiro atoms. The van der Waals surface area contributed by atoms with Gasteiger partial charge < -0.3 is 14.8 Å². The van der Waals surface area contributed by atoms with E-state index in [1.807, 2.05) is 0 Å². The highest BCUT2D eigenvalue weighted by Crippen LogP contribution is 2.38. The molecule has 138 valence electrons. The summed E-state index contributed by atoms with van der Waals surface area (Å²) in [6.45, 7) is 0. The van der Waals surface area contributed by atoms with Gasteiger partial charge in [0, 0.05) is 23.7 Å². The number of esters is 1. The number of nitrogens with one attached hydrogen (secondary N) is 1. The molecule has 0 saturated carbocycles. The third-order valence-corrected chi connectivity index (χ3v) is 4.81. The number of nitrogens with zero attached hydrogens (tertiary/aromatic N) is 1. The molecule has 2 aromatic carbocycles. The van der Waals surface area contributed by atoms with Crippen LogP contribution in [-0.4, -0.2) is 35.8 Å². The van der Waals surface area contributed by atoms with Crippen LogP contribution in [0.3, 0.4) is 0 Å². The molecular formula is C20H18N2O5. The quantitative estimate of drug-likeness (QED) is 0.841. The predicted octanol–water partition coefficient (Wildman–Crippen LogP) is 2.49. The molecule has 7 nitrogen and oxygen atoms in total. The maximum Gasteiger partial charge on any atom is 0.340 e. The Balaban J connectivity index is 1.58. The van der Waals surface area contributed by atoms with Gasteiger partial charge in [-0.2, -0.15) is 0 Å². The van der Waals surface area contributed by atoms with Gasteiger partial charge in [-0.15, -0.1) is 0 Å². The third kappa shape index (κ3) is 3.01. The zero-order valence-electron chi connectivity index (χ0n) is 14.7. The zero-order chi connectivity index (χ0) is 19.0. The van der Waals surface area contributed by atoms with Crippen molar-refractivity contribution in [1.82, 2.24) is 4.90 Å². The molecule has 2 aromatic rings. The van der Waals surface area contributed by atoms with Crippen molar-refractivity contribution < 1.29 is 23.9 Å². The third-order valence-electron chi connectivity index (χ3n) is 4.81. The summed E-state index contributed by atoms with van der Waals surface area (Å²) in [6, 6.07) is 13.2. The fourth-order valence-electron chi connectivity index (χ4n) is 3.51. The van der Waals surface area contributed by atoms with Gasteiger partial charge in [0.1, 0.15) is 11.8 Å². The van der Waals surface area contributed by atoms with E-state index in [1.54, 1.807) is 55.6 Å². The number of ether oxygens (including phenoxy) is 2. The zero-order valence-corrected chi connectivity index (χ0v) is 14.7. The molecule has 2 atom stereocenters. The minimum absolute atomic E-state index is 0.213. The second-order valence-electron chi connectivity index (χ2n) is 6.42. The first-order chi connectivity index (χ1) is 13.1. The van der Waals surface area contributed by atoms with Crippen LogP contribution in [0, 0.1) is 0 Å². The second kappa shape index (κ2) is 6.75. The van der Waals surface area contributed by atoms with E-state index in [1.165, 1.54) is 4.90 Å². The van der Waals surface area contributed by atoms with E-state index in [4.69, 9.17) is 9.47 Å². The Kier molecular flexibility index (Phi) is 4.27. The summed E-state index contributed by atoms with van der Waals surface area (Å²) < 4.78 is 10.6. The van der Waals surface area contributed by atoms with Crippen LogP contribution in [0.2, 0.25) is 0 Å². The Morgan fingerprint density at radius 1 is 1.19 bits per heavy atom. The molecule has 0 bridgehead atoms. The van der Waals surface area contributed by atoms with Gasteiger partial charge in [-0.1, -0.05) is 24.3 Å². The highest BCUT2D eigenvalue weighted by molar-refractivity contribution is 6.00. The van der Waals surface area contributed by atoms with E-state index in [0.717, 1.165) is 0 Å². The molecule has 1 saturated heterocycles. The van der Waals surface area contributed by atoms with Crippen LogP contribution < -0.4 is 10.1 Å². The molecule has 2 heterocycles. The molecule has 1 fully saturated rings. The van der Waals surface area contributed by atoms with Crippen molar-refractivity contribution in [2.24, 2.45) is 0 Å². The molecule has 1 N–H and O–H groups in total. The lowest BCUT2D eigenvalue weighted by Gasteiger charge is -2.29. The highest BCUT2D eigenvalue weighted by atomic mass is 16.6. The van der Waals surface area contributed by atoms with Gasteiger partial charge in [-0.3, -0.25) is 14.5 Å². The number of fused-ring (bicyclic) bond motifs is 1. The largest absolute Gasteiger partial charge is 0.497 e. The van der Waals surface area contributed by atoms with Crippen molar-refractivity contribution in [2.75, 3.05) is 12.4 Å². The Morgan fingerprint density at radius 2 is 2.00 bits per heavy atom. The average Bonchev–Trinajstić information content (AvgIpc) is 3.22. The summed E-state index contributed by atoms with van der Waals surface area (Å²) in [7, 11) is 1.55. The van der Waals surface area contributed by atoms with Gasteiger partial charge in [-0.25, -0.2) is 4.79 Å². The molecule has 2 amide bonds. The fourth-order valence-corrected chi connectivity index (χ4v) is 3.51. The summed E-state index contributed by atoms with van der Waals surface area (Å²) in [5.74, 6) is -0.405. The van der Waals surface area contributed by atoms with Crippen LogP contribution in [0.4, 0.5) is 5.69 Å². The van der Waals surface area contributed by atoms with E-state index in [9.17, 15) is 14.4 Å². The summed E-state index contributed by atoms with van der Waals surface area (Å²) >= 11 is 0. The number of carbonyl (C=O) groups is 3. The molecule has 0 aromatic heterocycles. The van der Waals surface area contributed by atoms with Crippen molar-refractivity contribution in [3.63, 3.8) is 0 Å². The number of rotatable bonds is 4. The van der Waals surface area contributed by atoms with E-state index in [0.29, 0.717) is 29.0 Å². The van der Waals surface area contributed by atoms with E-state index >= 15 is 0 Å². The fraction of sp³-hybridized carbons (Fsp3) is 0.250. The van der Waals surface area contributed by atoms with Gasteiger partial charge in [0.25, 0.3) is 0 Å². The summed E-state index contributed by atoms with van der Waals surface area (Å²) in [4.78, 5) is 38.8. The summed E-state index contributed by atoms with van der Waals surface area (Å²) in [5.41, 5.74) is 1.61. The Morgan fingerprint density at radius 3 is 2.81 bits per heavy atom. The Hall–Kier alpha value is -3.35. The average molecular weight is 366 g/mol. The monoisotopic (exact) mass is 366 g/mol. The number of methoxy groups -OCH3 is 1. The lowest BCUT2D eigenvalue weighted by atomic mass is 10.1. The van der Waals surface area contributed by atoms with Crippen LogP contribution in [0.5, 0.6) is 5.75 Å². The molecule has 0 radical (unpaired) electrons. The van der Waals surface area contributed by atoms with Crippen LogP contribution in [0.1, 0.15) is 35.0 Å². The number of likely N-dealkylation sites (tertiary alicyclic amines) is 1. The van der Waals surface area contributed by atoms with Gasteiger partial charge in [0.2, 0.25) is 18.0 Å². The number of cyclic esters (lactones) is 1. The SMILES string of the molecule is COc1cccc(NC(=O)[C@@H]2CCC(=O)N2[C@@H]2OC(=O)c3ccccc32)c1. The standard InChI is InChI=1S/C20H18N2O5/c1-26-13-6-4-5-12(11-13)21-18(24)16-9-10-17(23)22(16)19-14-7-2-3-8-15(14)20(25)27-19/h2-8,11,16,19H,9-10H2,1H3,(H,21,24)/t16-,19+/m0/s1. The van der Waals surface area contributed by atoms with Crippen LogP contribution >= 0.6 is 0 Å². The minimum atomic E-state index is -0.871. The van der Waals surface area contributed by atoms with Crippen molar-refractivity contribution in [1.29, 1.82) is 0 Å². The molecule has 2 aliphatic heterocycles. The number of carbonyl (C=O) groups excluding carboxylic acids is 3. The van der Waals surface area contributed by atoms with Gasteiger partial charge in [0.15, 0.2) is 0 Å². The van der Waals surface area contributed by atoms with E-state index < -0.39 is 18.2 Å². The van der Waals surface area contributed by atoms with Crippen LogP contribution in [-0.2, 0) is 14.3 Å². The minimum Gasteiger partial charge on any atom is -0.497 e. The number of benzene rings is 2. The molecular weight excluding hydrogens is 348 g/mol. The van der Waals surface area contributed by atoms with Gasteiger partial charge in [0.05, 0.1) is 12.7 Å². The van der Waals surface area contributed by atoms with Crippen molar-refractivity contribution in [3.05, 3.63) is 59.7 Å². The van der Waals surface area contributed by atoms with Gasteiger partial charge in [-0.05, 0) is 24.6 Å². The Bertz CT molecular complexity index is 926. The van der Waals surface area contributed by atoms with Crippen molar-refractivity contribution in [3.8, 4) is 5.75 Å². The highest BCUT2D eigenvalue weighted by Gasteiger charge is 2.46. The first kappa shape index (κ1) is 17.1. The Labute approximate surface area is 155 Å². The summed E-state index contributed by atoms with van der Waals surface area (Å²) in [5, 5.41) is 2.81. The molecule has 0 unspecified atom stereocenters. The topological polar surface area (TPSA) is 84.9 Å². The molecule has 27 heavy (non-hydrogen) atoms. The lowest BCUT2D eigenvalue weighted by molar-refractivity contribution is -0.144. The van der Waals surface area contributed by atoms with Crippen molar-refractivity contribution >= 4 is 23.5 Å². The number of hydrogen-bond donors (Lipinski definition) is 1. The normalized spacial score (nSPS) is 21.0. The number of anilines is 1. The molecule has 4 rings (SSSR count). The van der Waals surface area contributed by atoms with Gasteiger partial charge >= 0.3 is 5.97 Å². The van der Waals surface area contributed by atoms with E-state index in [2.05, 4.69) is 5.32 Å². The van der Waals surface area contributed by atoms with E-state index in [-0.39, 0.29) is 18.2 Å². The first-order valence-corrected chi connectivity index (χ1v) is 8.64. The molecule has 0 aliphatic carbocycles. The summed E-state index contributed by atoms with van der Waals surface area (Å²) in [6.07, 6.45) is -0.276. The second-order valence-corrected chi connectivity index (χ2v) is 6.42.